The SMILES string of the molecule is CCC1CCCCN1C(=O)c1cn(Cc2ccccc2)nn1. The number of carbonyl (C=O) groups is 1. The van der Waals surface area contributed by atoms with Gasteiger partial charge >= 0.3 is 0 Å². The first-order chi connectivity index (χ1) is 10.8. The molecule has 0 saturated carbocycles. The average molecular weight is 298 g/mol. The zero-order chi connectivity index (χ0) is 15.4. The first kappa shape index (κ1) is 14.8. The summed E-state index contributed by atoms with van der Waals surface area (Å²) in [7, 11) is 0. The van der Waals surface area contributed by atoms with Gasteiger partial charge in [0, 0.05) is 12.6 Å². The van der Waals surface area contributed by atoms with Crippen LogP contribution in [0.5, 0.6) is 0 Å². The summed E-state index contributed by atoms with van der Waals surface area (Å²) in [6.45, 7) is 3.61. The summed E-state index contributed by atoms with van der Waals surface area (Å²) in [5.41, 5.74) is 1.60. The Labute approximate surface area is 130 Å². The Morgan fingerprint density at radius 1 is 1.27 bits per heavy atom. The predicted octanol–water partition coefficient (Wildman–Crippen LogP) is 2.73. The lowest BCUT2D eigenvalue weighted by molar-refractivity contribution is 0.0602. The van der Waals surface area contributed by atoms with Gasteiger partial charge in [0.25, 0.3) is 5.91 Å². The fourth-order valence-electron chi connectivity index (χ4n) is 3.08. The van der Waals surface area contributed by atoms with E-state index < -0.39 is 0 Å². The first-order valence-electron chi connectivity index (χ1n) is 8.03. The fraction of sp³-hybridized carbons (Fsp3) is 0.471. The van der Waals surface area contributed by atoms with Gasteiger partial charge < -0.3 is 4.90 Å². The molecule has 1 aromatic heterocycles. The summed E-state index contributed by atoms with van der Waals surface area (Å²) in [6, 6.07) is 10.4. The third kappa shape index (κ3) is 3.18. The molecule has 0 radical (unpaired) electrons. The van der Waals surface area contributed by atoms with E-state index in [-0.39, 0.29) is 5.91 Å². The van der Waals surface area contributed by atoms with Gasteiger partial charge in [-0.05, 0) is 31.2 Å². The van der Waals surface area contributed by atoms with Gasteiger partial charge in [-0.2, -0.15) is 0 Å². The number of benzene rings is 1. The third-order valence-corrected chi connectivity index (χ3v) is 4.30. The highest BCUT2D eigenvalue weighted by atomic mass is 16.2. The molecule has 1 unspecified atom stereocenters. The van der Waals surface area contributed by atoms with Crippen LogP contribution in [0.1, 0.15) is 48.7 Å². The van der Waals surface area contributed by atoms with E-state index >= 15 is 0 Å². The molecule has 1 aromatic carbocycles. The van der Waals surface area contributed by atoms with Crippen LogP contribution in [0.15, 0.2) is 36.5 Å². The van der Waals surface area contributed by atoms with E-state index in [2.05, 4.69) is 17.2 Å². The van der Waals surface area contributed by atoms with E-state index in [1.807, 2.05) is 35.2 Å². The van der Waals surface area contributed by atoms with E-state index in [0.29, 0.717) is 18.3 Å². The lowest BCUT2D eigenvalue weighted by Crippen LogP contribution is -2.43. The molecule has 2 heterocycles. The minimum absolute atomic E-state index is 0.0193. The second kappa shape index (κ2) is 6.73. The minimum atomic E-state index is 0.0193. The number of amides is 1. The van der Waals surface area contributed by atoms with Gasteiger partial charge in [0.2, 0.25) is 0 Å². The quantitative estimate of drug-likeness (QED) is 0.872. The number of piperidine rings is 1. The van der Waals surface area contributed by atoms with Crippen molar-refractivity contribution in [3.05, 3.63) is 47.8 Å². The summed E-state index contributed by atoms with van der Waals surface area (Å²) < 4.78 is 1.73. The van der Waals surface area contributed by atoms with E-state index in [1.54, 1.807) is 10.9 Å². The lowest BCUT2D eigenvalue weighted by Gasteiger charge is -2.34. The number of rotatable bonds is 4. The van der Waals surface area contributed by atoms with Gasteiger partial charge in [0.15, 0.2) is 5.69 Å². The Hall–Kier alpha value is -2.17. The first-order valence-corrected chi connectivity index (χ1v) is 8.03. The van der Waals surface area contributed by atoms with Crippen molar-refractivity contribution < 1.29 is 4.79 Å². The van der Waals surface area contributed by atoms with Crippen LogP contribution in [0, 0.1) is 0 Å². The highest BCUT2D eigenvalue weighted by molar-refractivity contribution is 5.92. The van der Waals surface area contributed by atoms with Gasteiger partial charge in [0.05, 0.1) is 12.7 Å². The van der Waals surface area contributed by atoms with E-state index in [4.69, 9.17) is 0 Å². The normalized spacial score (nSPS) is 18.4. The highest BCUT2D eigenvalue weighted by Crippen LogP contribution is 2.21. The number of likely N-dealkylation sites (tertiary alicyclic amines) is 1. The molecule has 1 amide bonds. The van der Waals surface area contributed by atoms with Crippen molar-refractivity contribution in [3.63, 3.8) is 0 Å². The Bertz CT molecular complexity index is 623. The molecule has 1 fully saturated rings. The van der Waals surface area contributed by atoms with E-state index in [0.717, 1.165) is 31.4 Å². The van der Waals surface area contributed by atoms with Gasteiger partial charge in [0.1, 0.15) is 0 Å². The van der Waals surface area contributed by atoms with Gasteiger partial charge in [-0.25, -0.2) is 4.68 Å². The standard InChI is InChI=1S/C17H22N4O/c1-2-15-10-6-7-11-21(15)17(22)16-13-20(19-18-16)12-14-8-4-3-5-9-14/h3-5,8-9,13,15H,2,6-7,10-12H2,1H3. The maximum Gasteiger partial charge on any atom is 0.276 e. The molecule has 0 N–H and O–H groups in total. The highest BCUT2D eigenvalue weighted by Gasteiger charge is 2.27. The number of nitrogens with zero attached hydrogens (tertiary/aromatic N) is 4. The Morgan fingerprint density at radius 3 is 2.86 bits per heavy atom. The molecule has 1 aliphatic heterocycles. The Balaban J connectivity index is 1.71. The molecule has 0 bridgehead atoms. The van der Waals surface area contributed by atoms with Crippen LogP contribution in [0.4, 0.5) is 0 Å². The average Bonchev–Trinajstić information content (AvgIpc) is 3.03. The second-order valence-electron chi connectivity index (χ2n) is 5.84. The monoisotopic (exact) mass is 298 g/mol. The second-order valence-corrected chi connectivity index (χ2v) is 5.84. The maximum atomic E-state index is 12.6. The van der Waals surface area contributed by atoms with Crippen LogP contribution in [0.25, 0.3) is 0 Å². The van der Waals surface area contributed by atoms with Crippen LogP contribution in [-0.4, -0.2) is 38.4 Å². The third-order valence-electron chi connectivity index (χ3n) is 4.30. The smallest absolute Gasteiger partial charge is 0.276 e. The molecule has 3 rings (SSSR count). The van der Waals surface area contributed by atoms with Gasteiger partial charge in [-0.1, -0.05) is 42.5 Å². The summed E-state index contributed by atoms with van der Waals surface area (Å²) in [5.74, 6) is 0.0193. The van der Waals surface area contributed by atoms with Crippen molar-refractivity contribution in [2.24, 2.45) is 0 Å². The molecular weight excluding hydrogens is 276 g/mol. The number of hydrogen-bond donors (Lipinski definition) is 0. The number of aromatic nitrogens is 3. The molecule has 116 valence electrons. The van der Waals surface area contributed by atoms with Crippen molar-refractivity contribution in [1.82, 2.24) is 19.9 Å². The van der Waals surface area contributed by atoms with E-state index in [1.165, 1.54) is 6.42 Å². The summed E-state index contributed by atoms with van der Waals surface area (Å²) in [5, 5.41) is 8.18. The molecule has 1 atom stereocenters. The molecular formula is C17H22N4O. The van der Waals surface area contributed by atoms with Crippen LogP contribution >= 0.6 is 0 Å². The van der Waals surface area contributed by atoms with E-state index in [9.17, 15) is 4.79 Å². The molecule has 5 heteroatoms. The van der Waals surface area contributed by atoms with Gasteiger partial charge in [-0.3, -0.25) is 4.79 Å². The van der Waals surface area contributed by atoms with Crippen molar-refractivity contribution in [2.75, 3.05) is 6.54 Å². The number of carbonyl (C=O) groups excluding carboxylic acids is 1. The molecule has 1 aliphatic rings. The zero-order valence-electron chi connectivity index (χ0n) is 13.0. The van der Waals surface area contributed by atoms with Crippen molar-refractivity contribution in [3.8, 4) is 0 Å². The van der Waals surface area contributed by atoms with Crippen LogP contribution in [-0.2, 0) is 6.54 Å². The fourth-order valence-corrected chi connectivity index (χ4v) is 3.08. The summed E-state index contributed by atoms with van der Waals surface area (Å²) >= 11 is 0. The van der Waals surface area contributed by atoms with Crippen LogP contribution in [0.2, 0.25) is 0 Å². The topological polar surface area (TPSA) is 51.0 Å². The molecule has 0 spiro atoms. The molecule has 22 heavy (non-hydrogen) atoms. The molecule has 0 aliphatic carbocycles. The number of hydrogen-bond acceptors (Lipinski definition) is 3. The summed E-state index contributed by atoms with van der Waals surface area (Å²) in [6.07, 6.45) is 6.16. The molecule has 5 nitrogen and oxygen atoms in total. The van der Waals surface area contributed by atoms with Crippen molar-refractivity contribution in [2.45, 2.75) is 45.2 Å². The molecule has 2 aromatic rings. The Morgan fingerprint density at radius 2 is 2.09 bits per heavy atom. The van der Waals surface area contributed by atoms with Crippen LogP contribution < -0.4 is 0 Å². The van der Waals surface area contributed by atoms with Crippen molar-refractivity contribution in [1.29, 1.82) is 0 Å². The van der Waals surface area contributed by atoms with Crippen LogP contribution in [0.3, 0.4) is 0 Å². The minimum Gasteiger partial charge on any atom is -0.334 e. The lowest BCUT2D eigenvalue weighted by atomic mass is 10.00. The van der Waals surface area contributed by atoms with Gasteiger partial charge in [-0.15, -0.1) is 5.10 Å². The van der Waals surface area contributed by atoms with Crippen molar-refractivity contribution >= 4 is 5.91 Å². The largest absolute Gasteiger partial charge is 0.334 e. The molecule has 1 saturated heterocycles. The summed E-state index contributed by atoms with van der Waals surface area (Å²) in [4.78, 5) is 14.6. The zero-order valence-corrected chi connectivity index (χ0v) is 13.0. The maximum absolute atomic E-state index is 12.6. The predicted molar refractivity (Wildman–Crippen MR) is 84.5 cm³/mol. The Kier molecular flexibility index (Phi) is 4.51.